The normalized spacial score (nSPS) is 30.4. The Bertz CT molecular complexity index is 478. The van der Waals surface area contributed by atoms with E-state index in [0.717, 1.165) is 5.56 Å². The molecular formula is C12H10N2O3. The Morgan fingerprint density at radius 3 is 2.18 bits per heavy atom. The van der Waals surface area contributed by atoms with E-state index in [1.54, 1.807) is 0 Å². The van der Waals surface area contributed by atoms with Gasteiger partial charge in [0.15, 0.2) is 0 Å². The summed E-state index contributed by atoms with van der Waals surface area (Å²) < 4.78 is 0. The highest BCUT2D eigenvalue weighted by molar-refractivity contribution is 6.10. The molecule has 0 radical (unpaired) electrons. The minimum Gasteiger partial charge on any atom is -0.277 e. The molecule has 2 atom stereocenters. The molecule has 1 aromatic rings. The lowest BCUT2D eigenvalue weighted by Crippen LogP contribution is -2.34. The first-order valence-corrected chi connectivity index (χ1v) is 5.45. The van der Waals surface area contributed by atoms with Crippen LogP contribution in [0, 0.1) is 16.7 Å². The van der Waals surface area contributed by atoms with Crippen LogP contribution in [0.4, 0.5) is 0 Å². The molecule has 2 fully saturated rings. The molecule has 17 heavy (non-hydrogen) atoms. The molecule has 1 saturated heterocycles. The van der Waals surface area contributed by atoms with Gasteiger partial charge in [0.05, 0.1) is 18.4 Å². The van der Waals surface area contributed by atoms with Gasteiger partial charge in [-0.05, 0) is 5.56 Å². The summed E-state index contributed by atoms with van der Waals surface area (Å²) >= 11 is 0. The van der Waals surface area contributed by atoms with Gasteiger partial charge in [-0.2, -0.15) is 4.91 Å². The Morgan fingerprint density at radius 1 is 1.06 bits per heavy atom. The van der Waals surface area contributed by atoms with Crippen LogP contribution in [0.2, 0.25) is 0 Å². The van der Waals surface area contributed by atoms with Crippen LogP contribution in [-0.2, 0) is 16.1 Å². The van der Waals surface area contributed by atoms with Gasteiger partial charge in [0.1, 0.15) is 6.04 Å². The molecule has 1 saturated carbocycles. The molecule has 1 heterocycles. The van der Waals surface area contributed by atoms with Gasteiger partial charge in [0.25, 0.3) is 0 Å². The highest BCUT2D eigenvalue weighted by atomic mass is 16.3. The molecule has 2 unspecified atom stereocenters. The summed E-state index contributed by atoms with van der Waals surface area (Å²) in [7, 11) is 0. The number of fused-ring (bicyclic) bond motifs is 1. The van der Waals surface area contributed by atoms with Gasteiger partial charge in [-0.3, -0.25) is 14.5 Å². The molecule has 86 valence electrons. The second-order valence-corrected chi connectivity index (χ2v) is 4.40. The average Bonchev–Trinajstić information content (AvgIpc) is 3.04. The highest BCUT2D eigenvalue weighted by Crippen LogP contribution is 2.49. The zero-order valence-corrected chi connectivity index (χ0v) is 8.95. The predicted octanol–water partition coefficient (Wildman–Crippen LogP) is 0.936. The number of carbonyl (C=O) groups is 2. The van der Waals surface area contributed by atoms with E-state index in [1.165, 1.54) is 4.90 Å². The first-order valence-electron chi connectivity index (χ1n) is 5.45. The number of imide groups is 1. The minimum atomic E-state index is -0.609. The lowest BCUT2D eigenvalue weighted by Gasteiger charge is -2.16. The van der Waals surface area contributed by atoms with Gasteiger partial charge in [-0.15, -0.1) is 0 Å². The Labute approximate surface area is 97.4 Å². The van der Waals surface area contributed by atoms with Crippen LogP contribution in [0.1, 0.15) is 5.56 Å². The van der Waals surface area contributed by atoms with E-state index in [9.17, 15) is 14.5 Å². The van der Waals surface area contributed by atoms with E-state index in [4.69, 9.17) is 0 Å². The third-order valence-electron chi connectivity index (χ3n) is 3.39. The van der Waals surface area contributed by atoms with Gasteiger partial charge in [-0.25, -0.2) is 0 Å². The van der Waals surface area contributed by atoms with Crippen molar-refractivity contribution in [2.75, 3.05) is 0 Å². The van der Waals surface area contributed by atoms with Crippen LogP contribution in [0.3, 0.4) is 0 Å². The van der Waals surface area contributed by atoms with Crippen molar-refractivity contribution in [2.45, 2.75) is 12.6 Å². The molecule has 2 amide bonds. The first-order chi connectivity index (χ1) is 8.24. The SMILES string of the molecule is O=NC1C2C(=O)N(Cc3ccccc3)C(=O)C12. The minimum absolute atomic E-state index is 0.256. The average molecular weight is 230 g/mol. The van der Waals surface area contributed by atoms with Crippen molar-refractivity contribution < 1.29 is 9.59 Å². The fourth-order valence-corrected chi connectivity index (χ4v) is 2.42. The van der Waals surface area contributed by atoms with Crippen LogP contribution in [0.5, 0.6) is 0 Å². The van der Waals surface area contributed by atoms with Crippen molar-refractivity contribution in [3.05, 3.63) is 40.8 Å². The van der Waals surface area contributed by atoms with Crippen molar-refractivity contribution in [3.63, 3.8) is 0 Å². The molecule has 5 heteroatoms. The van der Waals surface area contributed by atoms with Crippen molar-refractivity contribution in [2.24, 2.45) is 17.0 Å². The summed E-state index contributed by atoms with van der Waals surface area (Å²) in [4.78, 5) is 35.3. The molecule has 0 aromatic heterocycles. The summed E-state index contributed by atoms with van der Waals surface area (Å²) in [6.45, 7) is 0.289. The van der Waals surface area contributed by atoms with Crippen LogP contribution in [0.15, 0.2) is 35.5 Å². The number of nitroso groups, excluding NO2 is 1. The Balaban J connectivity index is 1.77. The van der Waals surface area contributed by atoms with Crippen molar-refractivity contribution >= 4 is 11.8 Å². The molecule has 1 aliphatic heterocycles. The number of benzene rings is 1. The number of hydrogen-bond donors (Lipinski definition) is 0. The molecule has 2 aliphatic rings. The van der Waals surface area contributed by atoms with Crippen LogP contribution in [-0.4, -0.2) is 22.8 Å². The molecule has 1 aromatic carbocycles. The van der Waals surface area contributed by atoms with Gasteiger partial charge < -0.3 is 0 Å². The maximum atomic E-state index is 11.8. The molecule has 1 aliphatic carbocycles. The zero-order valence-electron chi connectivity index (χ0n) is 8.95. The van der Waals surface area contributed by atoms with Gasteiger partial charge >= 0.3 is 0 Å². The fourth-order valence-electron chi connectivity index (χ4n) is 2.42. The number of amides is 2. The largest absolute Gasteiger partial charge is 0.277 e. The van der Waals surface area contributed by atoms with E-state index in [0.29, 0.717) is 0 Å². The summed E-state index contributed by atoms with van der Waals surface area (Å²) in [5, 5.41) is 2.81. The first kappa shape index (κ1) is 10.1. The van der Waals surface area contributed by atoms with Crippen LogP contribution < -0.4 is 0 Å². The molecule has 0 spiro atoms. The summed E-state index contributed by atoms with van der Waals surface area (Å²) in [5.41, 5.74) is 0.908. The van der Waals surface area contributed by atoms with E-state index in [2.05, 4.69) is 5.18 Å². The third-order valence-corrected chi connectivity index (χ3v) is 3.39. The maximum Gasteiger partial charge on any atom is 0.235 e. The number of likely N-dealkylation sites (tertiary alicyclic amines) is 1. The monoisotopic (exact) mass is 230 g/mol. The number of carbonyl (C=O) groups excluding carboxylic acids is 2. The summed E-state index contributed by atoms with van der Waals surface area (Å²) in [6.07, 6.45) is 0. The third kappa shape index (κ3) is 1.39. The Morgan fingerprint density at radius 2 is 1.65 bits per heavy atom. The maximum absolute atomic E-state index is 11.8. The molecular weight excluding hydrogens is 220 g/mol. The van der Waals surface area contributed by atoms with E-state index in [-0.39, 0.29) is 18.4 Å². The van der Waals surface area contributed by atoms with E-state index >= 15 is 0 Å². The second kappa shape index (κ2) is 3.48. The molecule has 3 rings (SSSR count). The lowest BCUT2D eigenvalue weighted by molar-refractivity contribution is -0.142. The van der Waals surface area contributed by atoms with E-state index in [1.807, 2.05) is 30.3 Å². The van der Waals surface area contributed by atoms with Crippen molar-refractivity contribution in [1.82, 2.24) is 4.90 Å². The Hall–Kier alpha value is -2.04. The fraction of sp³-hybridized carbons (Fsp3) is 0.333. The van der Waals surface area contributed by atoms with Crippen LogP contribution >= 0.6 is 0 Å². The predicted molar refractivity (Wildman–Crippen MR) is 58.6 cm³/mol. The molecule has 0 N–H and O–H groups in total. The van der Waals surface area contributed by atoms with Gasteiger partial charge in [-0.1, -0.05) is 35.5 Å². The Kier molecular flexibility index (Phi) is 2.07. The number of rotatable bonds is 3. The summed E-state index contributed by atoms with van der Waals surface area (Å²) in [6, 6.07) is 8.70. The van der Waals surface area contributed by atoms with Crippen LogP contribution in [0.25, 0.3) is 0 Å². The second-order valence-electron chi connectivity index (χ2n) is 4.40. The molecule has 0 bridgehead atoms. The number of nitrogens with zero attached hydrogens (tertiary/aromatic N) is 2. The lowest BCUT2D eigenvalue weighted by atomic mass is 10.2. The molecule has 5 nitrogen and oxygen atoms in total. The smallest absolute Gasteiger partial charge is 0.235 e. The standard InChI is InChI=1S/C12H10N2O3/c15-11-8-9(10(8)13-17)12(16)14(11)6-7-4-2-1-3-5-7/h1-5,8-10H,6H2. The number of hydrogen-bond acceptors (Lipinski definition) is 4. The van der Waals surface area contributed by atoms with Crippen molar-refractivity contribution in [3.8, 4) is 0 Å². The van der Waals surface area contributed by atoms with E-state index < -0.39 is 17.9 Å². The topological polar surface area (TPSA) is 66.8 Å². The quantitative estimate of drug-likeness (QED) is 0.573. The summed E-state index contributed by atoms with van der Waals surface area (Å²) in [5.74, 6) is -1.48. The van der Waals surface area contributed by atoms with Gasteiger partial charge in [0.2, 0.25) is 11.8 Å². The zero-order chi connectivity index (χ0) is 12.0. The van der Waals surface area contributed by atoms with Crippen molar-refractivity contribution in [1.29, 1.82) is 0 Å². The van der Waals surface area contributed by atoms with Gasteiger partial charge in [0, 0.05) is 0 Å². The number of piperidine rings is 1. The highest BCUT2D eigenvalue weighted by Gasteiger charge is 2.68.